The van der Waals surface area contributed by atoms with Gasteiger partial charge in [-0.15, -0.1) is 0 Å². The number of piperidine rings is 1. The molecule has 39 heavy (non-hydrogen) atoms. The molecule has 0 aromatic heterocycles. The monoisotopic (exact) mass is 539 g/mol. The van der Waals surface area contributed by atoms with E-state index in [1.165, 1.54) is 5.56 Å². The summed E-state index contributed by atoms with van der Waals surface area (Å²) in [6, 6.07) is 15.5. The predicted molar refractivity (Wildman–Crippen MR) is 158 cm³/mol. The predicted octanol–water partition coefficient (Wildman–Crippen LogP) is 6.01. The lowest BCUT2D eigenvalue weighted by Gasteiger charge is -2.34. The molecule has 0 radical (unpaired) electrons. The molecular formula is C32H49N3O4. The summed E-state index contributed by atoms with van der Waals surface area (Å²) in [6.07, 6.45) is 4.07. The van der Waals surface area contributed by atoms with Crippen LogP contribution in [0.3, 0.4) is 0 Å². The van der Waals surface area contributed by atoms with Gasteiger partial charge in [-0.05, 0) is 94.5 Å². The van der Waals surface area contributed by atoms with Crippen LogP contribution in [0.1, 0.15) is 77.0 Å². The Hall–Kier alpha value is -3.06. The Labute approximate surface area is 235 Å². The number of carbonyl (C=O) groups excluding carboxylic acids is 2. The van der Waals surface area contributed by atoms with Crippen LogP contribution >= 0.6 is 0 Å². The zero-order valence-corrected chi connectivity index (χ0v) is 24.8. The number of hydrogen-bond acceptors (Lipinski definition) is 5. The quantitative estimate of drug-likeness (QED) is 0.385. The van der Waals surface area contributed by atoms with Crippen molar-refractivity contribution in [3.63, 3.8) is 0 Å². The zero-order chi connectivity index (χ0) is 28.8. The van der Waals surface area contributed by atoms with Crippen LogP contribution in [0.4, 0.5) is 4.79 Å². The van der Waals surface area contributed by atoms with Gasteiger partial charge in [0, 0.05) is 19.6 Å². The smallest absolute Gasteiger partial charge is 0.410 e. The zero-order valence-electron chi connectivity index (χ0n) is 24.8. The van der Waals surface area contributed by atoms with Crippen LogP contribution in [0.2, 0.25) is 0 Å². The number of rotatable bonds is 10. The number of benzene rings is 2. The van der Waals surface area contributed by atoms with Crippen LogP contribution in [0.5, 0.6) is 5.75 Å². The molecule has 2 atom stereocenters. The van der Waals surface area contributed by atoms with Gasteiger partial charge in [0.1, 0.15) is 11.4 Å². The first-order valence-corrected chi connectivity index (χ1v) is 14.4. The molecule has 1 unspecified atom stereocenters. The molecule has 0 saturated carbocycles. The van der Waals surface area contributed by atoms with Crippen LogP contribution < -0.4 is 15.8 Å². The minimum Gasteiger partial charge on any atom is -0.494 e. The molecule has 3 rings (SSSR count). The van der Waals surface area contributed by atoms with Gasteiger partial charge in [0.15, 0.2) is 0 Å². The van der Waals surface area contributed by atoms with E-state index in [0.717, 1.165) is 49.1 Å². The van der Waals surface area contributed by atoms with Crippen molar-refractivity contribution >= 4 is 12.0 Å². The summed E-state index contributed by atoms with van der Waals surface area (Å²) in [5.41, 5.74) is 8.92. The van der Waals surface area contributed by atoms with Crippen molar-refractivity contribution in [2.45, 2.75) is 91.8 Å². The number of likely N-dealkylation sites (tertiary alicyclic amines) is 1. The van der Waals surface area contributed by atoms with E-state index in [1.54, 1.807) is 0 Å². The Kier molecular flexibility index (Phi) is 13.3. The van der Waals surface area contributed by atoms with Crippen LogP contribution in [0, 0.1) is 12.8 Å². The summed E-state index contributed by atoms with van der Waals surface area (Å²) in [5.74, 6) is 1.03. The third-order valence-electron chi connectivity index (χ3n) is 6.66. The first-order chi connectivity index (χ1) is 18.6. The molecule has 2 aromatic carbocycles. The van der Waals surface area contributed by atoms with Gasteiger partial charge in [-0.3, -0.25) is 4.79 Å². The number of nitrogens with one attached hydrogen (secondary N) is 1. The topological polar surface area (TPSA) is 93.9 Å². The van der Waals surface area contributed by atoms with Crippen molar-refractivity contribution in [3.05, 3.63) is 65.2 Å². The molecule has 0 spiro atoms. The first kappa shape index (κ1) is 32.2. The molecule has 1 heterocycles. The van der Waals surface area contributed by atoms with Gasteiger partial charge in [0.25, 0.3) is 0 Å². The first-order valence-electron chi connectivity index (χ1n) is 14.4. The fourth-order valence-corrected chi connectivity index (χ4v) is 4.48. The van der Waals surface area contributed by atoms with E-state index in [4.69, 9.17) is 15.2 Å². The van der Waals surface area contributed by atoms with Gasteiger partial charge in [-0.2, -0.15) is 0 Å². The summed E-state index contributed by atoms with van der Waals surface area (Å²) in [7, 11) is 0. The molecule has 7 nitrogen and oxygen atoms in total. The lowest BCUT2D eigenvalue weighted by molar-refractivity contribution is -0.122. The van der Waals surface area contributed by atoms with Crippen LogP contribution in [-0.4, -0.2) is 48.2 Å². The number of hydrogen-bond donors (Lipinski definition) is 2. The van der Waals surface area contributed by atoms with E-state index < -0.39 is 11.6 Å². The van der Waals surface area contributed by atoms with Gasteiger partial charge >= 0.3 is 6.09 Å². The summed E-state index contributed by atoms with van der Waals surface area (Å²) in [5, 5.41) is 2.97. The lowest BCUT2D eigenvalue weighted by atomic mass is 9.95. The molecule has 1 aliphatic rings. The van der Waals surface area contributed by atoms with Gasteiger partial charge in [0.2, 0.25) is 5.91 Å². The minimum absolute atomic E-state index is 0.145. The van der Waals surface area contributed by atoms with E-state index in [0.29, 0.717) is 32.0 Å². The van der Waals surface area contributed by atoms with Gasteiger partial charge < -0.3 is 25.4 Å². The Morgan fingerprint density at radius 2 is 1.85 bits per heavy atom. The molecule has 0 bridgehead atoms. The molecule has 1 aliphatic heterocycles. The molecule has 7 heteroatoms. The largest absolute Gasteiger partial charge is 0.494 e. The molecule has 3 N–H and O–H groups in total. The second-order valence-electron chi connectivity index (χ2n) is 11.0. The second-order valence-corrected chi connectivity index (χ2v) is 11.0. The maximum absolute atomic E-state index is 12.5. The normalized spacial score (nSPS) is 16.0. The highest BCUT2D eigenvalue weighted by Crippen LogP contribution is 2.23. The molecular weight excluding hydrogens is 490 g/mol. The summed E-state index contributed by atoms with van der Waals surface area (Å²) < 4.78 is 11.6. The number of amides is 2. The van der Waals surface area contributed by atoms with E-state index in [-0.39, 0.29) is 12.0 Å². The minimum atomic E-state index is -0.546. The maximum atomic E-state index is 12.5. The molecule has 1 fully saturated rings. The Bertz CT molecular complexity index is 1020. The molecule has 216 valence electrons. The summed E-state index contributed by atoms with van der Waals surface area (Å²) in [4.78, 5) is 26.8. The molecule has 0 aliphatic carbocycles. The average molecular weight is 540 g/mol. The maximum Gasteiger partial charge on any atom is 0.410 e. The van der Waals surface area contributed by atoms with Crippen LogP contribution in [0.15, 0.2) is 48.5 Å². The fraction of sp³-hybridized carbons (Fsp3) is 0.562. The number of nitrogens with two attached hydrogens (primary N) is 1. The number of aryl methyl sites for hydroxylation is 2. The average Bonchev–Trinajstić information content (AvgIpc) is 2.92. The number of nitrogens with zero attached hydrogens (tertiary/aromatic N) is 1. The van der Waals surface area contributed by atoms with E-state index >= 15 is 0 Å². The molecule has 1 saturated heterocycles. The van der Waals surface area contributed by atoms with Crippen molar-refractivity contribution in [2.24, 2.45) is 11.7 Å². The third-order valence-corrected chi connectivity index (χ3v) is 6.66. The lowest BCUT2D eigenvalue weighted by Crippen LogP contribution is -2.43. The fourth-order valence-electron chi connectivity index (χ4n) is 4.48. The van der Waals surface area contributed by atoms with Crippen molar-refractivity contribution in [3.8, 4) is 5.75 Å². The van der Waals surface area contributed by atoms with Crippen molar-refractivity contribution in [1.29, 1.82) is 0 Å². The van der Waals surface area contributed by atoms with Gasteiger partial charge in [-0.1, -0.05) is 50.2 Å². The number of ether oxygens (including phenoxy) is 2. The second kappa shape index (κ2) is 16.1. The van der Waals surface area contributed by atoms with Gasteiger partial charge in [0.05, 0.1) is 12.6 Å². The van der Waals surface area contributed by atoms with Crippen molar-refractivity contribution in [2.75, 3.05) is 19.7 Å². The Balaban J connectivity index is 0.00000260. The highest BCUT2D eigenvalue weighted by Gasteiger charge is 2.27. The van der Waals surface area contributed by atoms with E-state index in [1.807, 2.05) is 95.0 Å². The highest BCUT2D eigenvalue weighted by atomic mass is 16.6. The van der Waals surface area contributed by atoms with Crippen LogP contribution in [0.25, 0.3) is 0 Å². The molecule has 2 aromatic rings. The number of carbonyl (C=O) groups is 2. The van der Waals surface area contributed by atoms with E-state index in [2.05, 4.69) is 5.32 Å². The third kappa shape index (κ3) is 11.7. The summed E-state index contributed by atoms with van der Waals surface area (Å²) >= 11 is 0. The summed E-state index contributed by atoms with van der Waals surface area (Å²) in [6.45, 7) is 14.1. The SMILES string of the molecule is CC.Cc1ccc(OCCC2CCCN(C(=O)OC(C)(C)C)C2)cc1CNC(=O)[C@@H](N)CCc1ccccc1. The van der Waals surface area contributed by atoms with Crippen molar-refractivity contribution < 1.29 is 19.1 Å². The Morgan fingerprint density at radius 3 is 2.54 bits per heavy atom. The van der Waals surface area contributed by atoms with Crippen molar-refractivity contribution in [1.82, 2.24) is 10.2 Å². The van der Waals surface area contributed by atoms with Crippen LogP contribution in [-0.2, 0) is 22.5 Å². The standard InChI is InChI=1S/C30H43N3O4.C2H6/c1-22-12-14-26(36-18-16-24-11-8-17-33(21-24)29(35)37-30(2,3)4)19-25(22)20-32-28(34)27(31)15-13-23-9-6-5-7-10-23;1-2/h5-7,9-10,12,14,19,24,27H,8,11,13,15-18,20-21,31H2,1-4H3,(H,32,34);1-2H3/t24?,27-;/m0./s1. The highest BCUT2D eigenvalue weighted by molar-refractivity contribution is 5.81. The molecule has 2 amide bonds. The Morgan fingerprint density at radius 1 is 1.13 bits per heavy atom. The van der Waals surface area contributed by atoms with E-state index in [9.17, 15) is 9.59 Å². The van der Waals surface area contributed by atoms with Gasteiger partial charge in [-0.25, -0.2) is 4.79 Å².